The predicted octanol–water partition coefficient (Wildman–Crippen LogP) is 4.29. The number of hydrogen-bond donors (Lipinski definition) is 0. The third kappa shape index (κ3) is 5.81. The lowest BCUT2D eigenvalue weighted by atomic mass is 10.0. The average molecular weight is 658 g/mol. The van der Waals surface area contributed by atoms with Gasteiger partial charge in [0, 0.05) is 35.5 Å². The minimum Gasteiger partial charge on any atom is -0.328 e. The van der Waals surface area contributed by atoms with Crippen LogP contribution in [-0.4, -0.2) is 71.2 Å². The van der Waals surface area contributed by atoms with Crippen LogP contribution in [-0.2, 0) is 22.6 Å². The summed E-state index contributed by atoms with van der Waals surface area (Å²) in [6, 6.07) is 9.76. The van der Waals surface area contributed by atoms with Crippen molar-refractivity contribution in [1.82, 2.24) is 29.6 Å². The van der Waals surface area contributed by atoms with Gasteiger partial charge in [-0.3, -0.25) is 19.1 Å². The van der Waals surface area contributed by atoms with E-state index < -0.39 is 18.1 Å². The number of amides is 1. The first-order valence-corrected chi connectivity index (χ1v) is 14.1. The van der Waals surface area contributed by atoms with Crippen molar-refractivity contribution in [3.63, 3.8) is 0 Å². The minimum atomic E-state index is -1.31. The molecule has 2 atom stereocenters. The highest BCUT2D eigenvalue weighted by molar-refractivity contribution is 9.10. The molecule has 0 spiro atoms. The first-order chi connectivity index (χ1) is 18.7. The number of nitrogens with zero attached hydrogens (tertiary/aromatic N) is 6. The first-order valence-electron chi connectivity index (χ1n) is 12.2. The van der Waals surface area contributed by atoms with Crippen molar-refractivity contribution < 1.29 is 18.8 Å². The van der Waals surface area contributed by atoms with Crippen molar-refractivity contribution in [1.29, 1.82) is 0 Å². The molecule has 1 aliphatic heterocycles. The molecule has 0 radical (unpaired) electrons. The van der Waals surface area contributed by atoms with Crippen molar-refractivity contribution in [3.8, 4) is 11.1 Å². The number of halogens is 3. The highest BCUT2D eigenvalue weighted by Crippen LogP contribution is 2.28. The fourth-order valence-corrected chi connectivity index (χ4v) is 5.37. The second-order valence-corrected chi connectivity index (χ2v) is 10.7. The van der Waals surface area contributed by atoms with Gasteiger partial charge in [0.25, 0.3) is 0 Å². The summed E-state index contributed by atoms with van der Waals surface area (Å²) in [6.07, 6.45) is 2.02. The summed E-state index contributed by atoms with van der Waals surface area (Å²) >= 11 is 6.49. The third-order valence-electron chi connectivity index (χ3n) is 6.61. The number of fused-ring (bicyclic) bond motifs is 1. The van der Waals surface area contributed by atoms with E-state index in [0.717, 1.165) is 11.1 Å². The smallest absolute Gasteiger partial charge is 0.245 e. The zero-order chi connectivity index (χ0) is 27.7. The van der Waals surface area contributed by atoms with E-state index in [1.807, 2.05) is 12.1 Å². The van der Waals surface area contributed by atoms with Crippen molar-refractivity contribution in [2.75, 3.05) is 11.9 Å². The number of carbonyl (C=O) groups excluding carboxylic acids is 3. The van der Waals surface area contributed by atoms with Gasteiger partial charge in [-0.25, -0.2) is 19.3 Å². The lowest BCUT2D eigenvalue weighted by Gasteiger charge is -2.23. The van der Waals surface area contributed by atoms with Crippen LogP contribution in [0, 0.1) is 6.92 Å². The van der Waals surface area contributed by atoms with Gasteiger partial charge < -0.3 is 4.90 Å². The Bertz CT molecular complexity index is 1580. The molecule has 9 nitrogen and oxygen atoms in total. The van der Waals surface area contributed by atoms with Crippen LogP contribution in [0.15, 0.2) is 53.4 Å². The summed E-state index contributed by atoms with van der Waals surface area (Å²) in [6.45, 7) is 1.37. The molecule has 0 unspecified atom stereocenters. The van der Waals surface area contributed by atoms with Crippen molar-refractivity contribution in [2.45, 2.75) is 38.5 Å². The largest absolute Gasteiger partial charge is 0.328 e. The van der Waals surface area contributed by atoms with Gasteiger partial charge >= 0.3 is 0 Å². The molecule has 200 valence electrons. The maximum absolute atomic E-state index is 14.5. The van der Waals surface area contributed by atoms with Crippen LogP contribution in [0.3, 0.4) is 0 Å². The quantitative estimate of drug-likeness (QED) is 0.158. The van der Waals surface area contributed by atoms with Gasteiger partial charge in [-0.05, 0) is 52.7 Å². The van der Waals surface area contributed by atoms with E-state index in [0.29, 0.717) is 27.0 Å². The van der Waals surface area contributed by atoms with E-state index >= 15 is 0 Å². The van der Waals surface area contributed by atoms with Gasteiger partial charge in [-0.2, -0.15) is 5.10 Å². The molecule has 4 aromatic rings. The molecular weight excluding hydrogens is 635 g/mol. The van der Waals surface area contributed by atoms with Crippen LogP contribution < -0.4 is 0 Å². The third-order valence-corrected chi connectivity index (χ3v) is 7.56. The number of rotatable bonds is 8. The number of alkyl halides is 2. The molecule has 1 amide bonds. The van der Waals surface area contributed by atoms with Gasteiger partial charge in [0.15, 0.2) is 11.6 Å². The SMILES string of the molecule is Cc1ncc(-c2ccc3c(c2)c(C(=O)CBr)nn3CC(=O)N2C[C@H](F)C[C@H]2C(=O)Cc2cccc(Br)n2)cn1. The number of hydrogen-bond acceptors (Lipinski definition) is 7. The van der Waals surface area contributed by atoms with E-state index in [9.17, 15) is 18.8 Å². The highest BCUT2D eigenvalue weighted by atomic mass is 79.9. The zero-order valence-corrected chi connectivity index (χ0v) is 24.0. The molecule has 0 aliphatic carbocycles. The standard InChI is InChI=1S/C27H23Br2FN6O3/c1-15-31-11-17(12-32-15)16-5-6-21-20(7-16)27(24(38)10-28)34-36(21)14-26(39)35-13-18(30)8-22(35)23(37)9-19-3-2-4-25(29)33-19/h2-7,11-12,18,22H,8-10,13-14H2,1H3/t18-,22+/m1/s1. The number of carbonyl (C=O) groups is 3. The molecule has 1 aliphatic rings. The predicted molar refractivity (Wildman–Crippen MR) is 149 cm³/mol. The van der Waals surface area contributed by atoms with Crippen LogP contribution in [0.1, 0.15) is 28.4 Å². The van der Waals surface area contributed by atoms with Gasteiger partial charge in [-0.15, -0.1) is 0 Å². The lowest BCUT2D eigenvalue weighted by molar-refractivity contribution is -0.138. The Kier molecular flexibility index (Phi) is 7.94. The topological polar surface area (TPSA) is 111 Å². The summed E-state index contributed by atoms with van der Waals surface area (Å²) in [5, 5.41) is 5.08. The van der Waals surface area contributed by atoms with Crippen LogP contribution in [0.25, 0.3) is 22.0 Å². The molecular formula is C27H23Br2FN6O3. The number of benzene rings is 1. The van der Waals surface area contributed by atoms with E-state index in [4.69, 9.17) is 0 Å². The number of ketones is 2. The molecule has 4 heterocycles. The van der Waals surface area contributed by atoms with Crippen molar-refractivity contribution in [3.05, 3.63) is 70.6 Å². The Balaban J connectivity index is 1.42. The highest BCUT2D eigenvalue weighted by Gasteiger charge is 2.39. The van der Waals surface area contributed by atoms with Gasteiger partial charge in [0.2, 0.25) is 5.91 Å². The van der Waals surface area contributed by atoms with Crippen LogP contribution in [0.4, 0.5) is 4.39 Å². The second-order valence-electron chi connectivity index (χ2n) is 9.30. The average Bonchev–Trinajstić information content (AvgIpc) is 3.49. The molecule has 1 fully saturated rings. The monoisotopic (exact) mass is 656 g/mol. The van der Waals surface area contributed by atoms with Gasteiger partial charge in [0.1, 0.15) is 28.8 Å². The summed E-state index contributed by atoms with van der Waals surface area (Å²) in [7, 11) is 0. The maximum Gasteiger partial charge on any atom is 0.245 e. The van der Waals surface area contributed by atoms with Gasteiger partial charge in [-0.1, -0.05) is 28.1 Å². The van der Waals surface area contributed by atoms with Gasteiger partial charge in [0.05, 0.1) is 29.9 Å². The molecule has 1 aromatic carbocycles. The Labute approximate surface area is 240 Å². The fourth-order valence-electron chi connectivity index (χ4n) is 4.72. The molecule has 39 heavy (non-hydrogen) atoms. The first kappa shape index (κ1) is 27.2. The number of Topliss-reactive ketones (excluding diaryl/α,β-unsaturated/α-hetero) is 2. The summed E-state index contributed by atoms with van der Waals surface area (Å²) in [4.78, 5) is 53.2. The zero-order valence-electron chi connectivity index (χ0n) is 20.9. The van der Waals surface area contributed by atoms with E-state index in [1.54, 1.807) is 43.6 Å². The maximum atomic E-state index is 14.5. The Morgan fingerprint density at radius 3 is 2.59 bits per heavy atom. The number of aryl methyl sites for hydroxylation is 1. The van der Waals surface area contributed by atoms with Crippen molar-refractivity contribution >= 4 is 60.2 Å². The number of likely N-dealkylation sites (tertiary alicyclic amines) is 1. The van der Waals surface area contributed by atoms with Crippen LogP contribution >= 0.6 is 31.9 Å². The number of aromatic nitrogens is 5. The molecule has 0 N–H and O–H groups in total. The Morgan fingerprint density at radius 1 is 1.10 bits per heavy atom. The normalized spacial score (nSPS) is 17.1. The summed E-state index contributed by atoms with van der Waals surface area (Å²) in [5.41, 5.74) is 2.89. The van der Waals surface area contributed by atoms with E-state index in [2.05, 4.69) is 51.9 Å². The fraction of sp³-hybridized carbons (Fsp3) is 0.296. The summed E-state index contributed by atoms with van der Waals surface area (Å²) in [5.74, 6) is -0.333. The Morgan fingerprint density at radius 2 is 1.87 bits per heavy atom. The number of pyridine rings is 1. The minimum absolute atomic E-state index is 0.0132. The lowest BCUT2D eigenvalue weighted by Crippen LogP contribution is -2.43. The molecule has 3 aromatic heterocycles. The van der Waals surface area contributed by atoms with Crippen molar-refractivity contribution in [2.24, 2.45) is 0 Å². The Hall–Kier alpha value is -3.38. The van der Waals surface area contributed by atoms with E-state index in [1.165, 1.54) is 9.58 Å². The van der Waals surface area contributed by atoms with Crippen LogP contribution in [0.5, 0.6) is 0 Å². The van der Waals surface area contributed by atoms with E-state index in [-0.39, 0.29) is 48.5 Å². The second kappa shape index (κ2) is 11.4. The summed E-state index contributed by atoms with van der Waals surface area (Å²) < 4.78 is 16.5. The molecule has 0 saturated carbocycles. The molecule has 12 heteroatoms. The molecule has 0 bridgehead atoms. The molecule has 5 rings (SSSR count). The molecule has 1 saturated heterocycles. The van der Waals surface area contributed by atoms with Crippen LogP contribution in [0.2, 0.25) is 0 Å².